The highest BCUT2D eigenvalue weighted by molar-refractivity contribution is 5.90. The van der Waals surface area contributed by atoms with Gasteiger partial charge in [-0.05, 0) is 57.5 Å². The van der Waals surface area contributed by atoms with E-state index in [9.17, 15) is 18.0 Å². The average Bonchev–Trinajstić information content (AvgIpc) is 2.92. The molecule has 1 N–H and O–H groups in total. The molecule has 3 rings (SSSR count). The first-order valence-corrected chi connectivity index (χ1v) is 8.80. The van der Waals surface area contributed by atoms with Gasteiger partial charge in [0.15, 0.2) is 0 Å². The number of likely N-dealkylation sites (tertiary alicyclic amines) is 1. The van der Waals surface area contributed by atoms with Gasteiger partial charge in [0.1, 0.15) is 5.75 Å². The van der Waals surface area contributed by atoms with E-state index in [0.29, 0.717) is 11.4 Å². The lowest BCUT2D eigenvalue weighted by Crippen LogP contribution is -2.51. The molecule has 1 aliphatic heterocycles. The zero-order chi connectivity index (χ0) is 20.5. The van der Waals surface area contributed by atoms with Crippen LogP contribution in [0.2, 0.25) is 0 Å². The molecule has 0 unspecified atom stereocenters. The molecule has 28 heavy (non-hydrogen) atoms. The Balaban J connectivity index is 1.65. The normalized spacial score (nSPS) is 18.8. The maximum Gasteiger partial charge on any atom is 0.394 e. The quantitative estimate of drug-likeness (QED) is 0.814. The molecule has 9 heteroatoms. The number of hydrogen-bond donors (Lipinski definition) is 1. The number of halogens is 3. The van der Waals surface area contributed by atoms with E-state index in [2.05, 4.69) is 15.3 Å². The summed E-state index contributed by atoms with van der Waals surface area (Å²) in [5, 5.41) is 2.64. The van der Waals surface area contributed by atoms with E-state index in [4.69, 9.17) is 4.74 Å². The number of carbonyl (C=O) groups excluding carboxylic acids is 1. The molecule has 1 atom stereocenters. The number of ether oxygens (including phenoxy) is 1. The van der Waals surface area contributed by atoms with Gasteiger partial charge in [0.25, 0.3) is 0 Å². The minimum atomic E-state index is -4.34. The third kappa shape index (κ3) is 4.18. The van der Waals surface area contributed by atoms with Crippen molar-refractivity contribution < 1.29 is 22.7 Å². The van der Waals surface area contributed by atoms with Gasteiger partial charge >= 0.3 is 18.2 Å². The highest BCUT2D eigenvalue weighted by Crippen LogP contribution is 2.44. The minimum absolute atomic E-state index is 0.0505. The highest BCUT2D eigenvalue weighted by Gasteiger charge is 2.56. The predicted octanol–water partition coefficient (Wildman–Crippen LogP) is 4.77. The zero-order valence-corrected chi connectivity index (χ0v) is 15.7. The lowest BCUT2D eigenvalue weighted by atomic mass is 9.88. The molecule has 0 bridgehead atoms. The van der Waals surface area contributed by atoms with E-state index < -0.39 is 23.7 Å². The molecule has 1 aromatic carbocycles. The van der Waals surface area contributed by atoms with Gasteiger partial charge in [0.05, 0.1) is 11.5 Å². The van der Waals surface area contributed by atoms with E-state index in [1.54, 1.807) is 36.5 Å². The van der Waals surface area contributed by atoms with E-state index in [-0.39, 0.29) is 19.0 Å². The molecule has 2 aromatic rings. The predicted molar refractivity (Wildman–Crippen MR) is 97.3 cm³/mol. The Bertz CT molecular complexity index is 853. The van der Waals surface area contributed by atoms with Crippen molar-refractivity contribution in [3.8, 4) is 11.8 Å². The summed E-state index contributed by atoms with van der Waals surface area (Å²) in [5.74, 6) is -1.07. The maximum absolute atomic E-state index is 13.2. The van der Waals surface area contributed by atoms with Crippen LogP contribution < -0.4 is 10.1 Å². The molecule has 2 heterocycles. The first-order valence-electron chi connectivity index (χ1n) is 8.80. The second-order valence-corrected chi connectivity index (χ2v) is 7.23. The number of nitrogens with zero attached hydrogens (tertiary/aromatic N) is 3. The summed E-state index contributed by atoms with van der Waals surface area (Å²) in [7, 11) is 0. The van der Waals surface area contributed by atoms with Crippen LogP contribution in [0, 0.1) is 12.8 Å². The third-order valence-electron chi connectivity index (χ3n) is 4.92. The molecule has 150 valence electrons. The Morgan fingerprint density at radius 3 is 2.50 bits per heavy atom. The Hall–Kier alpha value is -2.84. The number of nitrogens with one attached hydrogen (secondary N) is 1. The number of amides is 2. The molecule has 0 saturated carbocycles. The maximum atomic E-state index is 13.2. The Kier molecular flexibility index (Phi) is 5.18. The van der Waals surface area contributed by atoms with Crippen molar-refractivity contribution >= 4 is 11.7 Å². The average molecular weight is 394 g/mol. The van der Waals surface area contributed by atoms with Crippen molar-refractivity contribution in [1.29, 1.82) is 0 Å². The molecule has 0 radical (unpaired) electrons. The van der Waals surface area contributed by atoms with Gasteiger partial charge in [-0.3, -0.25) is 0 Å². The van der Waals surface area contributed by atoms with Crippen LogP contribution in [0.5, 0.6) is 11.8 Å². The molecule has 6 nitrogen and oxygen atoms in total. The summed E-state index contributed by atoms with van der Waals surface area (Å²) in [6.45, 7) is 4.75. The van der Waals surface area contributed by atoms with Crippen LogP contribution in [-0.4, -0.2) is 39.2 Å². The molecule has 1 aliphatic rings. The van der Waals surface area contributed by atoms with E-state index in [1.165, 1.54) is 18.7 Å². The smallest absolute Gasteiger partial charge is 0.394 e. The summed E-state index contributed by atoms with van der Waals surface area (Å²) >= 11 is 0. The lowest BCUT2D eigenvalue weighted by Gasteiger charge is -2.36. The van der Waals surface area contributed by atoms with Crippen LogP contribution in [0.15, 0.2) is 36.5 Å². The molecule has 1 fully saturated rings. The van der Waals surface area contributed by atoms with Crippen molar-refractivity contribution in [1.82, 2.24) is 14.9 Å². The van der Waals surface area contributed by atoms with Crippen molar-refractivity contribution in [2.75, 3.05) is 11.9 Å². The molecular weight excluding hydrogens is 373 g/mol. The van der Waals surface area contributed by atoms with Crippen molar-refractivity contribution in [3.63, 3.8) is 0 Å². The van der Waals surface area contributed by atoms with Gasteiger partial charge in [0.2, 0.25) is 0 Å². The summed E-state index contributed by atoms with van der Waals surface area (Å²) in [6, 6.07) is 7.83. The topological polar surface area (TPSA) is 67.3 Å². The van der Waals surface area contributed by atoms with Gasteiger partial charge in [-0.1, -0.05) is 0 Å². The molecular formula is C19H21F3N4O2. The number of benzene rings is 1. The second-order valence-electron chi connectivity index (χ2n) is 7.23. The van der Waals surface area contributed by atoms with Crippen molar-refractivity contribution in [3.05, 3.63) is 42.2 Å². The van der Waals surface area contributed by atoms with Crippen LogP contribution in [0.3, 0.4) is 0 Å². The van der Waals surface area contributed by atoms with Crippen molar-refractivity contribution in [2.45, 2.75) is 38.9 Å². The van der Waals surface area contributed by atoms with Gasteiger partial charge in [-0.15, -0.1) is 0 Å². The van der Waals surface area contributed by atoms with Crippen LogP contribution in [0.25, 0.3) is 0 Å². The number of aryl methyl sites for hydroxylation is 1. The van der Waals surface area contributed by atoms with Gasteiger partial charge in [-0.2, -0.15) is 13.2 Å². The van der Waals surface area contributed by atoms with Crippen LogP contribution in [-0.2, 0) is 0 Å². The number of rotatable bonds is 3. The Morgan fingerprint density at radius 1 is 1.25 bits per heavy atom. The number of aromatic nitrogens is 2. The largest absolute Gasteiger partial charge is 0.424 e. The van der Waals surface area contributed by atoms with Gasteiger partial charge in [-0.25, -0.2) is 14.8 Å². The van der Waals surface area contributed by atoms with E-state index in [1.807, 2.05) is 6.92 Å². The number of carbonyl (C=O) groups is 1. The van der Waals surface area contributed by atoms with E-state index >= 15 is 0 Å². The van der Waals surface area contributed by atoms with Gasteiger partial charge < -0.3 is 15.0 Å². The van der Waals surface area contributed by atoms with Crippen LogP contribution in [0.4, 0.5) is 23.7 Å². The Labute approximate surface area is 160 Å². The highest BCUT2D eigenvalue weighted by atomic mass is 19.4. The van der Waals surface area contributed by atoms with Crippen LogP contribution >= 0.6 is 0 Å². The SMILES string of the molecule is Cc1ccnc(Oc2ccc(NC(=O)N3CC[C@H](C(F)(F)F)C3(C)C)cc2)n1. The summed E-state index contributed by atoms with van der Waals surface area (Å²) in [6.07, 6.45) is -2.86. The molecule has 0 spiro atoms. The number of hydrogen-bond acceptors (Lipinski definition) is 4. The Morgan fingerprint density at radius 2 is 1.93 bits per heavy atom. The fraction of sp³-hybridized carbons (Fsp3) is 0.421. The van der Waals surface area contributed by atoms with Crippen LogP contribution in [0.1, 0.15) is 26.0 Å². The molecule has 1 aromatic heterocycles. The third-order valence-corrected chi connectivity index (χ3v) is 4.92. The standard InChI is InChI=1S/C19H21F3N4O2/c1-12-8-10-23-16(24-12)28-14-6-4-13(5-7-14)25-17(27)26-11-9-15(18(26,2)3)19(20,21)22/h4-8,10,15H,9,11H2,1-3H3,(H,25,27)/t15-/m0/s1. The molecule has 0 aliphatic carbocycles. The molecule has 2 amide bonds. The monoisotopic (exact) mass is 394 g/mol. The van der Waals surface area contributed by atoms with Gasteiger partial charge in [0, 0.05) is 24.1 Å². The van der Waals surface area contributed by atoms with E-state index in [0.717, 1.165) is 5.69 Å². The minimum Gasteiger partial charge on any atom is -0.424 e. The number of alkyl halides is 3. The zero-order valence-electron chi connectivity index (χ0n) is 15.7. The number of urea groups is 1. The van der Waals surface area contributed by atoms with Crippen molar-refractivity contribution in [2.24, 2.45) is 5.92 Å². The number of anilines is 1. The molecule has 1 saturated heterocycles. The fourth-order valence-electron chi connectivity index (χ4n) is 3.39. The summed E-state index contributed by atoms with van der Waals surface area (Å²) in [4.78, 5) is 21.9. The lowest BCUT2D eigenvalue weighted by molar-refractivity contribution is -0.189. The second kappa shape index (κ2) is 7.29. The summed E-state index contributed by atoms with van der Waals surface area (Å²) in [5.41, 5.74) is -0.0958. The first-order chi connectivity index (χ1) is 13.1. The first kappa shape index (κ1) is 19.9. The fourth-order valence-corrected chi connectivity index (χ4v) is 3.39. The summed E-state index contributed by atoms with van der Waals surface area (Å²) < 4.78 is 45.1.